The maximum atomic E-state index is 13.8. The highest BCUT2D eigenvalue weighted by Gasteiger charge is 2.16. The lowest BCUT2D eigenvalue weighted by atomic mass is 10.1. The normalized spacial score (nSPS) is 10.9. The van der Waals surface area contributed by atoms with Gasteiger partial charge in [0.25, 0.3) is 5.91 Å². The second kappa shape index (κ2) is 7.17. The molecule has 2 rings (SSSR count). The molecular weight excluding hydrogens is 294 g/mol. The molecule has 0 saturated heterocycles. The number of nitrogens with one attached hydrogen (secondary N) is 2. The van der Waals surface area contributed by atoms with Crippen molar-refractivity contribution in [3.8, 4) is 0 Å². The van der Waals surface area contributed by atoms with Crippen LogP contribution in [-0.2, 0) is 11.2 Å². The molecule has 2 heterocycles. The second-order valence-electron chi connectivity index (χ2n) is 4.95. The van der Waals surface area contributed by atoms with Crippen molar-refractivity contribution in [2.75, 3.05) is 11.9 Å². The first-order chi connectivity index (χ1) is 10.6. The summed E-state index contributed by atoms with van der Waals surface area (Å²) in [5.41, 5.74) is 2.05. The lowest BCUT2D eigenvalue weighted by molar-refractivity contribution is -0.127. The Morgan fingerprint density at radius 1 is 1.41 bits per heavy atom. The predicted molar refractivity (Wildman–Crippen MR) is 76.8 cm³/mol. The van der Waals surface area contributed by atoms with Crippen molar-refractivity contribution < 1.29 is 18.8 Å². The van der Waals surface area contributed by atoms with Gasteiger partial charge in [-0.15, -0.1) is 0 Å². The third kappa shape index (κ3) is 3.51. The number of imidazole rings is 1. The van der Waals surface area contributed by atoms with Crippen molar-refractivity contribution in [1.29, 1.82) is 0 Å². The molecule has 0 unspecified atom stereocenters. The summed E-state index contributed by atoms with van der Waals surface area (Å²) < 4.78 is 28.5. The topological polar surface area (TPSA) is 78.7 Å². The van der Waals surface area contributed by atoms with E-state index < -0.39 is 17.5 Å². The molecule has 0 atom stereocenters. The van der Waals surface area contributed by atoms with E-state index in [1.54, 1.807) is 0 Å². The van der Waals surface area contributed by atoms with Crippen LogP contribution in [0.4, 0.5) is 14.6 Å². The van der Waals surface area contributed by atoms with Crippen LogP contribution < -0.4 is 10.8 Å². The van der Waals surface area contributed by atoms with Gasteiger partial charge in [-0.2, -0.15) is 0 Å². The van der Waals surface area contributed by atoms with E-state index in [1.807, 2.05) is 0 Å². The number of rotatable bonds is 7. The summed E-state index contributed by atoms with van der Waals surface area (Å²) in [7, 11) is 0. The molecule has 22 heavy (non-hydrogen) atoms. The second-order valence-corrected chi connectivity index (χ2v) is 4.95. The summed E-state index contributed by atoms with van der Waals surface area (Å²) in [6, 6.07) is 0.766. The molecule has 0 fully saturated rings. The summed E-state index contributed by atoms with van der Waals surface area (Å²) in [5, 5.41) is 11.3. The third-order valence-electron chi connectivity index (χ3n) is 3.27. The molecule has 0 bridgehead atoms. The smallest absolute Gasteiger partial charge is 0.262 e. The van der Waals surface area contributed by atoms with Crippen LogP contribution in [-0.4, -0.2) is 27.0 Å². The number of amides is 1. The van der Waals surface area contributed by atoms with Crippen molar-refractivity contribution in [2.24, 2.45) is 0 Å². The quantitative estimate of drug-likeness (QED) is 0.416. The zero-order chi connectivity index (χ0) is 16.1. The number of aromatic nitrogens is 2. The number of nitrogens with zero attached hydrogens (tertiary/aromatic N) is 2. The minimum absolute atomic E-state index is 0.000180. The van der Waals surface area contributed by atoms with Gasteiger partial charge < -0.3 is 5.32 Å². The van der Waals surface area contributed by atoms with Gasteiger partial charge in [-0.05, 0) is 12.8 Å². The number of hydrogen-bond donors (Lipinski definition) is 3. The minimum atomic E-state index is -0.767. The van der Waals surface area contributed by atoms with Crippen LogP contribution in [0.1, 0.15) is 31.9 Å². The van der Waals surface area contributed by atoms with Crippen LogP contribution in [0, 0.1) is 11.6 Å². The molecule has 0 saturated carbocycles. The molecule has 2 aromatic rings. The van der Waals surface area contributed by atoms with Crippen LogP contribution in [0.15, 0.2) is 12.3 Å². The Labute approximate surface area is 126 Å². The van der Waals surface area contributed by atoms with Gasteiger partial charge in [-0.3, -0.25) is 14.4 Å². The summed E-state index contributed by atoms with van der Waals surface area (Å²) in [4.78, 5) is 15.3. The van der Waals surface area contributed by atoms with E-state index in [-0.39, 0.29) is 12.2 Å². The highest BCUT2D eigenvalue weighted by atomic mass is 19.1. The first kappa shape index (κ1) is 16.2. The number of carbonyl (C=O) groups excluding carboxylic acids is 1. The van der Waals surface area contributed by atoms with E-state index in [2.05, 4.69) is 17.2 Å². The molecule has 0 aliphatic rings. The van der Waals surface area contributed by atoms with Gasteiger partial charge in [0.1, 0.15) is 11.6 Å². The Morgan fingerprint density at radius 2 is 2.18 bits per heavy atom. The highest BCUT2D eigenvalue weighted by molar-refractivity contribution is 5.79. The van der Waals surface area contributed by atoms with Crippen molar-refractivity contribution in [3.63, 3.8) is 0 Å². The molecule has 3 N–H and O–H groups in total. The molecular formula is C14H18F2N4O2. The van der Waals surface area contributed by atoms with Gasteiger partial charge >= 0.3 is 0 Å². The molecule has 120 valence electrons. The zero-order valence-electron chi connectivity index (χ0n) is 12.2. The highest BCUT2D eigenvalue weighted by Crippen LogP contribution is 2.23. The number of fused-ring (bicyclic) bond motifs is 1. The predicted octanol–water partition coefficient (Wildman–Crippen LogP) is 2.26. The summed E-state index contributed by atoms with van der Waals surface area (Å²) in [5.74, 6) is -1.81. The van der Waals surface area contributed by atoms with Gasteiger partial charge in [0.05, 0.1) is 12.2 Å². The molecule has 0 radical (unpaired) electrons. The van der Waals surface area contributed by atoms with Gasteiger partial charge in [0.2, 0.25) is 0 Å². The molecule has 0 aromatic carbocycles. The van der Waals surface area contributed by atoms with Gasteiger partial charge in [0, 0.05) is 12.3 Å². The van der Waals surface area contributed by atoms with Gasteiger partial charge in [-0.1, -0.05) is 19.8 Å². The van der Waals surface area contributed by atoms with Crippen LogP contribution >= 0.6 is 0 Å². The van der Waals surface area contributed by atoms with E-state index in [0.717, 1.165) is 31.5 Å². The van der Waals surface area contributed by atoms with E-state index in [1.165, 1.54) is 9.88 Å². The third-order valence-corrected chi connectivity index (χ3v) is 3.27. The standard InChI is InChI=1S/C14H18F2N4O2/c1-2-3-4-5-11-14(17-7-12(21)19-22)20-8-9(15)6-10(16)13(20)18-11/h6,8,17,22H,2-5,7H2,1H3,(H,19,21). The first-order valence-corrected chi connectivity index (χ1v) is 7.09. The van der Waals surface area contributed by atoms with Gasteiger partial charge in [0.15, 0.2) is 11.5 Å². The summed E-state index contributed by atoms with van der Waals surface area (Å²) >= 11 is 0. The zero-order valence-corrected chi connectivity index (χ0v) is 12.2. The van der Waals surface area contributed by atoms with Crippen molar-refractivity contribution >= 4 is 17.4 Å². The Balaban J connectivity index is 2.37. The first-order valence-electron chi connectivity index (χ1n) is 7.09. The molecule has 0 spiro atoms. The summed E-state index contributed by atoms with van der Waals surface area (Å²) in [6.45, 7) is 1.83. The molecule has 0 aliphatic carbocycles. The molecule has 0 aliphatic heterocycles. The maximum absolute atomic E-state index is 13.8. The Hall–Kier alpha value is -2.22. The van der Waals surface area contributed by atoms with Crippen LogP contribution in [0.3, 0.4) is 0 Å². The fourth-order valence-corrected chi connectivity index (χ4v) is 2.23. The number of halogens is 2. The minimum Gasteiger partial charge on any atom is -0.360 e. The monoisotopic (exact) mass is 312 g/mol. The van der Waals surface area contributed by atoms with Crippen LogP contribution in [0.25, 0.3) is 5.65 Å². The Bertz CT molecular complexity index is 672. The fraction of sp³-hybridized carbons (Fsp3) is 0.429. The number of hydroxylamine groups is 1. The largest absolute Gasteiger partial charge is 0.360 e. The molecule has 6 nitrogen and oxygen atoms in total. The van der Waals surface area contributed by atoms with Crippen molar-refractivity contribution in [1.82, 2.24) is 14.9 Å². The van der Waals surface area contributed by atoms with E-state index in [4.69, 9.17) is 5.21 Å². The van der Waals surface area contributed by atoms with Crippen molar-refractivity contribution in [2.45, 2.75) is 32.6 Å². The Morgan fingerprint density at radius 3 is 2.86 bits per heavy atom. The van der Waals surface area contributed by atoms with Gasteiger partial charge in [-0.25, -0.2) is 19.2 Å². The number of hydrogen-bond acceptors (Lipinski definition) is 4. The number of aryl methyl sites for hydroxylation is 1. The van der Waals surface area contributed by atoms with E-state index in [9.17, 15) is 13.6 Å². The number of carbonyl (C=O) groups is 1. The molecule has 2 aromatic heterocycles. The lowest BCUT2D eigenvalue weighted by Gasteiger charge is -2.08. The molecule has 1 amide bonds. The Kier molecular flexibility index (Phi) is 5.26. The average molecular weight is 312 g/mol. The maximum Gasteiger partial charge on any atom is 0.262 e. The average Bonchev–Trinajstić information content (AvgIpc) is 2.83. The van der Waals surface area contributed by atoms with E-state index >= 15 is 0 Å². The van der Waals surface area contributed by atoms with Crippen LogP contribution in [0.2, 0.25) is 0 Å². The lowest BCUT2D eigenvalue weighted by Crippen LogP contribution is -2.27. The summed E-state index contributed by atoms with van der Waals surface area (Å²) in [6.07, 6.45) is 4.55. The fourth-order valence-electron chi connectivity index (χ4n) is 2.23. The number of unbranched alkanes of at least 4 members (excludes halogenated alkanes) is 2. The SMILES string of the molecule is CCCCCc1nc2c(F)cc(F)cn2c1NCC(=O)NO. The van der Waals surface area contributed by atoms with E-state index in [0.29, 0.717) is 17.9 Å². The number of anilines is 1. The van der Waals surface area contributed by atoms with Crippen LogP contribution in [0.5, 0.6) is 0 Å². The van der Waals surface area contributed by atoms with Crippen molar-refractivity contribution in [3.05, 3.63) is 29.6 Å². The number of pyridine rings is 1. The molecule has 8 heteroatoms.